The molecule has 92 valence electrons. The molecule has 0 bridgehead atoms. The zero-order chi connectivity index (χ0) is 12.7. The molecule has 0 fully saturated rings. The molecule has 0 atom stereocenters. The molecule has 18 heavy (non-hydrogen) atoms. The molecule has 1 aliphatic heterocycles. The molecule has 0 aliphatic carbocycles. The monoisotopic (exact) mass is 238 g/mol. The molecule has 2 aromatic carbocycles. The van der Waals surface area contributed by atoms with Crippen LogP contribution in [0, 0.1) is 20.8 Å². The molecule has 0 amide bonds. The molecule has 1 nitrogen and oxygen atoms in total. The van der Waals surface area contributed by atoms with E-state index in [0.29, 0.717) is 0 Å². The minimum absolute atomic E-state index is 0.766. The van der Waals surface area contributed by atoms with E-state index in [1.165, 1.54) is 38.9 Å². The van der Waals surface area contributed by atoms with Gasteiger partial charge in [-0.25, -0.2) is 0 Å². The first-order chi connectivity index (χ1) is 8.70. The van der Waals surface area contributed by atoms with Crippen LogP contribution in [0.4, 0.5) is 0 Å². The van der Waals surface area contributed by atoms with E-state index in [1.807, 2.05) is 0 Å². The zero-order valence-electron chi connectivity index (χ0n) is 11.2. The van der Waals surface area contributed by atoms with Crippen molar-refractivity contribution in [3.63, 3.8) is 0 Å². The van der Waals surface area contributed by atoms with Gasteiger partial charge >= 0.3 is 0 Å². The highest BCUT2D eigenvalue weighted by Crippen LogP contribution is 2.37. The summed E-state index contributed by atoms with van der Waals surface area (Å²) in [6, 6.07) is 10.7. The first-order valence-corrected chi connectivity index (χ1v) is 6.45. The molecule has 3 rings (SSSR count). The van der Waals surface area contributed by atoms with Crippen molar-refractivity contribution in [2.45, 2.75) is 34.0 Å². The largest absolute Gasteiger partial charge is 0.372 e. The molecule has 2 aromatic rings. The lowest BCUT2D eigenvalue weighted by Crippen LogP contribution is -2.00. The quantitative estimate of drug-likeness (QED) is 0.719. The number of hydrogen-bond donors (Lipinski definition) is 0. The van der Waals surface area contributed by atoms with Gasteiger partial charge in [0.25, 0.3) is 0 Å². The van der Waals surface area contributed by atoms with Gasteiger partial charge in [-0.15, -0.1) is 0 Å². The van der Waals surface area contributed by atoms with Crippen LogP contribution in [0.2, 0.25) is 0 Å². The average molecular weight is 238 g/mol. The van der Waals surface area contributed by atoms with Gasteiger partial charge in [0.2, 0.25) is 0 Å². The highest BCUT2D eigenvalue weighted by atomic mass is 16.5. The summed E-state index contributed by atoms with van der Waals surface area (Å²) in [7, 11) is 0. The maximum absolute atomic E-state index is 5.62. The minimum Gasteiger partial charge on any atom is -0.372 e. The lowest BCUT2D eigenvalue weighted by molar-refractivity contribution is 0.134. The average Bonchev–Trinajstić information content (AvgIpc) is 2.87. The molecule has 0 saturated carbocycles. The van der Waals surface area contributed by atoms with Crippen LogP contribution in [0.25, 0.3) is 11.1 Å². The Labute approximate surface area is 108 Å². The van der Waals surface area contributed by atoms with Crippen LogP contribution >= 0.6 is 0 Å². The second kappa shape index (κ2) is 4.25. The van der Waals surface area contributed by atoms with Crippen molar-refractivity contribution in [2.75, 3.05) is 0 Å². The van der Waals surface area contributed by atoms with Crippen molar-refractivity contribution < 1.29 is 4.74 Å². The van der Waals surface area contributed by atoms with Crippen LogP contribution in [0.3, 0.4) is 0 Å². The van der Waals surface area contributed by atoms with E-state index in [4.69, 9.17) is 4.74 Å². The summed E-state index contributed by atoms with van der Waals surface area (Å²) in [6.45, 7) is 8.21. The molecule has 0 radical (unpaired) electrons. The van der Waals surface area contributed by atoms with E-state index in [-0.39, 0.29) is 0 Å². The lowest BCUT2D eigenvalue weighted by atomic mass is 9.86. The normalized spacial score (nSPS) is 13.7. The third-order valence-electron chi connectivity index (χ3n) is 4.14. The van der Waals surface area contributed by atoms with Crippen molar-refractivity contribution >= 4 is 0 Å². The van der Waals surface area contributed by atoms with Crippen molar-refractivity contribution in [1.29, 1.82) is 0 Å². The van der Waals surface area contributed by atoms with Crippen LogP contribution < -0.4 is 0 Å². The molecule has 1 heteroatoms. The number of fused-ring (bicyclic) bond motifs is 1. The first kappa shape index (κ1) is 11.5. The standard InChI is InChI=1S/C17H18O/c1-11-12(2)17(14-7-5-4-6-8-14)13(3)16-10-18-9-15(11)16/h4-8H,9-10H2,1-3H3. The Morgan fingerprint density at radius 3 is 2.06 bits per heavy atom. The first-order valence-electron chi connectivity index (χ1n) is 6.45. The second-order valence-corrected chi connectivity index (χ2v) is 5.07. The van der Waals surface area contributed by atoms with Gasteiger partial charge < -0.3 is 4.74 Å². The minimum atomic E-state index is 0.766. The van der Waals surface area contributed by atoms with Gasteiger partial charge in [-0.05, 0) is 59.7 Å². The van der Waals surface area contributed by atoms with Crippen LogP contribution in [0.1, 0.15) is 27.8 Å². The number of benzene rings is 2. The van der Waals surface area contributed by atoms with Crippen LogP contribution in [0.5, 0.6) is 0 Å². The van der Waals surface area contributed by atoms with Crippen molar-refractivity contribution in [2.24, 2.45) is 0 Å². The predicted molar refractivity (Wildman–Crippen MR) is 74.6 cm³/mol. The van der Waals surface area contributed by atoms with Crippen molar-refractivity contribution in [1.82, 2.24) is 0 Å². The molecule has 0 N–H and O–H groups in total. The van der Waals surface area contributed by atoms with E-state index in [0.717, 1.165) is 13.2 Å². The SMILES string of the molecule is Cc1c(C)c(-c2ccccc2)c(C)c2c1COC2. The Bertz CT molecular complexity index is 597. The third kappa shape index (κ3) is 1.58. The molecule has 0 unspecified atom stereocenters. The molecule has 1 aliphatic rings. The highest BCUT2D eigenvalue weighted by molar-refractivity contribution is 5.74. The second-order valence-electron chi connectivity index (χ2n) is 5.07. The summed E-state index contributed by atoms with van der Waals surface area (Å²) in [6.07, 6.45) is 0. The van der Waals surface area contributed by atoms with E-state index in [9.17, 15) is 0 Å². The lowest BCUT2D eigenvalue weighted by Gasteiger charge is -2.17. The van der Waals surface area contributed by atoms with Crippen molar-refractivity contribution in [3.05, 3.63) is 58.1 Å². The molecule has 0 saturated heterocycles. The molecule has 1 heterocycles. The number of hydrogen-bond acceptors (Lipinski definition) is 1. The fourth-order valence-electron chi connectivity index (χ4n) is 2.98. The molecule has 0 spiro atoms. The Balaban J connectivity index is 2.31. The summed E-state index contributed by atoms with van der Waals surface area (Å²) in [5, 5.41) is 0. The van der Waals surface area contributed by atoms with Crippen molar-refractivity contribution in [3.8, 4) is 11.1 Å². The van der Waals surface area contributed by atoms with E-state index < -0.39 is 0 Å². The van der Waals surface area contributed by atoms with Gasteiger partial charge in [-0.2, -0.15) is 0 Å². The maximum atomic E-state index is 5.62. The Hall–Kier alpha value is -1.60. The Morgan fingerprint density at radius 2 is 1.39 bits per heavy atom. The van der Waals surface area contributed by atoms with Crippen LogP contribution in [-0.4, -0.2) is 0 Å². The fourth-order valence-corrected chi connectivity index (χ4v) is 2.98. The third-order valence-corrected chi connectivity index (χ3v) is 4.14. The molecular formula is C17H18O. The van der Waals surface area contributed by atoms with Gasteiger partial charge in [0.15, 0.2) is 0 Å². The summed E-state index contributed by atoms with van der Waals surface area (Å²) in [5.74, 6) is 0. The van der Waals surface area contributed by atoms with Gasteiger partial charge in [0, 0.05) is 0 Å². The zero-order valence-corrected chi connectivity index (χ0v) is 11.2. The summed E-state index contributed by atoms with van der Waals surface area (Å²) in [5.41, 5.74) is 9.68. The van der Waals surface area contributed by atoms with Crippen LogP contribution in [0.15, 0.2) is 30.3 Å². The molecular weight excluding hydrogens is 220 g/mol. The predicted octanol–water partition coefficient (Wildman–Crippen LogP) is 4.31. The van der Waals surface area contributed by atoms with E-state index >= 15 is 0 Å². The summed E-state index contributed by atoms with van der Waals surface area (Å²) >= 11 is 0. The number of rotatable bonds is 1. The summed E-state index contributed by atoms with van der Waals surface area (Å²) in [4.78, 5) is 0. The van der Waals surface area contributed by atoms with Gasteiger partial charge in [0.05, 0.1) is 13.2 Å². The van der Waals surface area contributed by atoms with Crippen LogP contribution in [-0.2, 0) is 18.0 Å². The highest BCUT2D eigenvalue weighted by Gasteiger charge is 2.21. The van der Waals surface area contributed by atoms with E-state index in [1.54, 1.807) is 0 Å². The van der Waals surface area contributed by atoms with Gasteiger partial charge in [-0.1, -0.05) is 30.3 Å². The maximum Gasteiger partial charge on any atom is 0.0727 e. The smallest absolute Gasteiger partial charge is 0.0727 e. The Morgan fingerprint density at radius 1 is 0.778 bits per heavy atom. The fraction of sp³-hybridized carbons (Fsp3) is 0.294. The topological polar surface area (TPSA) is 9.23 Å². The Kier molecular flexibility index (Phi) is 2.71. The van der Waals surface area contributed by atoms with Gasteiger partial charge in [-0.3, -0.25) is 0 Å². The number of ether oxygens (including phenoxy) is 1. The summed E-state index contributed by atoms with van der Waals surface area (Å²) < 4.78 is 5.62. The van der Waals surface area contributed by atoms with E-state index in [2.05, 4.69) is 51.1 Å². The van der Waals surface area contributed by atoms with Gasteiger partial charge in [0.1, 0.15) is 0 Å². The molecule has 0 aromatic heterocycles.